The second kappa shape index (κ2) is 15.2. The van der Waals surface area contributed by atoms with Crippen molar-refractivity contribution in [1.82, 2.24) is 34.9 Å². The van der Waals surface area contributed by atoms with Crippen molar-refractivity contribution >= 4 is 46.0 Å². The number of H-pyrrole nitrogens is 1. The fourth-order valence-electron chi connectivity index (χ4n) is 9.17. The number of aromatic nitrogens is 4. The number of imide groups is 1. The minimum absolute atomic E-state index is 0.0572. The van der Waals surface area contributed by atoms with E-state index in [1.54, 1.807) is 29.4 Å². The maximum atomic E-state index is 15.3. The number of nitrogens with zero attached hydrogens (tertiary/aromatic N) is 6. The number of fused-ring (bicyclic) bond motifs is 2. The Bertz CT molecular complexity index is 2380. The Balaban J connectivity index is 0.757. The van der Waals surface area contributed by atoms with Crippen molar-refractivity contribution in [2.24, 2.45) is 5.92 Å². The first-order valence-electron chi connectivity index (χ1n) is 20.0. The van der Waals surface area contributed by atoms with Crippen LogP contribution in [0.4, 0.5) is 15.9 Å². The van der Waals surface area contributed by atoms with Crippen molar-refractivity contribution in [2.75, 3.05) is 36.9 Å². The first-order valence-corrected chi connectivity index (χ1v) is 20.0. The maximum absolute atomic E-state index is 15.3. The SMILES string of the molecule is CN1CCC[C@@H]1c1cc2cnc(NC(=O)c3ccc(-c4cnn(CCCC5CCN(c6cccc7c6CN(C6CCC(=O)NC6=O)C7=O)CC5)c4)cc3F)cc2[nH]1. The van der Waals surface area contributed by atoms with E-state index in [1.165, 1.54) is 12.1 Å². The van der Waals surface area contributed by atoms with Gasteiger partial charge in [-0.05, 0) is 100 Å². The minimum atomic E-state index is -0.625. The van der Waals surface area contributed by atoms with Gasteiger partial charge in [0, 0.05) is 90.6 Å². The zero-order valence-corrected chi connectivity index (χ0v) is 32.0. The lowest BCUT2D eigenvalue weighted by molar-refractivity contribution is -0.136. The molecule has 4 amide bonds. The molecule has 4 aliphatic rings. The zero-order chi connectivity index (χ0) is 39.2. The molecule has 0 spiro atoms. The highest BCUT2D eigenvalue weighted by Crippen LogP contribution is 2.37. The fraction of sp³-hybridized carbons (Fsp3) is 0.395. The lowest BCUT2D eigenvalue weighted by atomic mass is 9.91. The van der Waals surface area contributed by atoms with E-state index in [-0.39, 0.29) is 23.8 Å². The Kier molecular flexibility index (Phi) is 9.81. The summed E-state index contributed by atoms with van der Waals surface area (Å²) in [6.07, 6.45) is 12.3. The van der Waals surface area contributed by atoms with Crippen LogP contribution in [0.5, 0.6) is 0 Å². The number of rotatable bonds is 10. The Labute approximate surface area is 329 Å². The van der Waals surface area contributed by atoms with Crippen LogP contribution in [-0.2, 0) is 22.7 Å². The largest absolute Gasteiger partial charge is 0.371 e. The lowest BCUT2D eigenvalue weighted by Crippen LogP contribution is -2.52. The average molecular weight is 772 g/mol. The van der Waals surface area contributed by atoms with Crippen LogP contribution < -0.4 is 15.5 Å². The zero-order valence-electron chi connectivity index (χ0n) is 32.0. The molecule has 1 unspecified atom stereocenters. The molecule has 0 radical (unpaired) electrons. The summed E-state index contributed by atoms with van der Waals surface area (Å²) >= 11 is 0. The number of carbonyl (C=O) groups is 4. The van der Waals surface area contributed by atoms with Crippen LogP contribution in [0.2, 0.25) is 0 Å². The number of carbonyl (C=O) groups excluding carboxylic acids is 4. The summed E-state index contributed by atoms with van der Waals surface area (Å²) in [6.45, 7) is 3.95. The van der Waals surface area contributed by atoms with Crippen LogP contribution in [0.15, 0.2) is 67.1 Å². The van der Waals surface area contributed by atoms with Gasteiger partial charge >= 0.3 is 0 Å². The Morgan fingerprint density at radius 3 is 2.61 bits per heavy atom. The molecule has 3 aromatic heterocycles. The molecule has 5 aromatic rings. The molecule has 3 fully saturated rings. The molecule has 2 atom stereocenters. The van der Waals surface area contributed by atoms with Gasteiger partial charge in [0.15, 0.2) is 0 Å². The highest BCUT2D eigenvalue weighted by molar-refractivity contribution is 6.06. The van der Waals surface area contributed by atoms with Gasteiger partial charge < -0.3 is 20.1 Å². The molecule has 3 saturated heterocycles. The molecule has 294 valence electrons. The van der Waals surface area contributed by atoms with Crippen LogP contribution in [0.25, 0.3) is 22.0 Å². The Morgan fingerprint density at radius 1 is 0.965 bits per heavy atom. The molecular weight excluding hydrogens is 726 g/mol. The van der Waals surface area contributed by atoms with Crippen molar-refractivity contribution in [3.8, 4) is 11.1 Å². The van der Waals surface area contributed by atoms with Crippen molar-refractivity contribution in [2.45, 2.75) is 76.5 Å². The monoisotopic (exact) mass is 771 g/mol. The molecule has 0 saturated carbocycles. The van der Waals surface area contributed by atoms with E-state index in [0.717, 1.165) is 98.1 Å². The first-order chi connectivity index (χ1) is 27.7. The summed E-state index contributed by atoms with van der Waals surface area (Å²) in [6, 6.07) is 14.0. The second-order valence-corrected chi connectivity index (χ2v) is 15.9. The van der Waals surface area contributed by atoms with Crippen molar-refractivity contribution in [1.29, 1.82) is 0 Å². The van der Waals surface area contributed by atoms with Gasteiger partial charge in [-0.1, -0.05) is 12.1 Å². The van der Waals surface area contributed by atoms with E-state index in [4.69, 9.17) is 0 Å². The average Bonchev–Trinajstić information content (AvgIpc) is 4.02. The molecule has 7 heterocycles. The van der Waals surface area contributed by atoms with Crippen molar-refractivity contribution < 1.29 is 23.6 Å². The number of hydrogen-bond donors (Lipinski definition) is 3. The van der Waals surface area contributed by atoms with Gasteiger partial charge in [0.2, 0.25) is 11.8 Å². The quantitative estimate of drug-likeness (QED) is 0.146. The number of aryl methyl sites for hydroxylation is 1. The highest BCUT2D eigenvalue weighted by atomic mass is 19.1. The first kappa shape index (κ1) is 36.7. The number of anilines is 2. The van der Waals surface area contributed by atoms with Crippen molar-refractivity contribution in [3.63, 3.8) is 0 Å². The number of likely N-dealkylation sites (tertiary alicyclic amines) is 1. The van der Waals surface area contributed by atoms with E-state index in [1.807, 2.05) is 23.0 Å². The molecule has 0 aliphatic carbocycles. The smallest absolute Gasteiger partial charge is 0.259 e. The fourth-order valence-corrected chi connectivity index (χ4v) is 9.17. The number of pyridine rings is 1. The van der Waals surface area contributed by atoms with Crippen LogP contribution in [-0.4, -0.2) is 85.9 Å². The van der Waals surface area contributed by atoms with Gasteiger partial charge in [0.05, 0.1) is 17.3 Å². The van der Waals surface area contributed by atoms with Gasteiger partial charge in [-0.15, -0.1) is 0 Å². The normalized spacial score (nSPS) is 20.4. The standard InChI is InChI=1S/C43H46FN9O4/c1-50-15-4-8-37(50)35-20-28-22-45-39(21-34(28)47-35)48-41(55)31-10-9-27(19-33(31)44)29-23-46-52(24-29)16-3-5-26-13-17-51(18-14-26)36-7-2-6-30-32(36)25-53(43(30)57)38-11-12-40(54)49-42(38)56/h2,6-7,9-10,19-24,26,37-38,47H,3-5,8,11-18,25H2,1H3,(H,45,48,55)(H,49,54,56)/t37-,38?/m1/s1. The Hall–Kier alpha value is -5.89. The van der Waals surface area contributed by atoms with E-state index >= 15 is 4.39 Å². The minimum Gasteiger partial charge on any atom is -0.371 e. The molecule has 2 aromatic carbocycles. The molecule has 3 N–H and O–H groups in total. The summed E-state index contributed by atoms with van der Waals surface area (Å²) in [7, 11) is 2.12. The van der Waals surface area contributed by atoms with E-state index in [2.05, 4.69) is 54.7 Å². The summed E-state index contributed by atoms with van der Waals surface area (Å²) in [5.41, 5.74) is 6.03. The van der Waals surface area contributed by atoms with Crippen LogP contribution >= 0.6 is 0 Å². The third-order valence-corrected chi connectivity index (χ3v) is 12.3. The van der Waals surface area contributed by atoms with E-state index < -0.39 is 23.7 Å². The van der Waals surface area contributed by atoms with E-state index in [9.17, 15) is 19.2 Å². The van der Waals surface area contributed by atoms with Crippen LogP contribution in [0, 0.1) is 11.7 Å². The third-order valence-electron chi connectivity index (χ3n) is 12.3. The number of benzene rings is 2. The highest BCUT2D eigenvalue weighted by Gasteiger charge is 2.40. The number of amides is 4. The number of hydrogen-bond acceptors (Lipinski definition) is 8. The predicted octanol–water partition coefficient (Wildman–Crippen LogP) is 6.04. The summed E-state index contributed by atoms with van der Waals surface area (Å²) in [5.74, 6) is -1.09. The number of nitrogens with one attached hydrogen (secondary N) is 3. The molecule has 14 heteroatoms. The van der Waals surface area contributed by atoms with Crippen molar-refractivity contribution in [3.05, 3.63) is 95.3 Å². The summed E-state index contributed by atoms with van der Waals surface area (Å²) in [5, 5.41) is 10.6. The summed E-state index contributed by atoms with van der Waals surface area (Å²) < 4.78 is 17.2. The molecule has 57 heavy (non-hydrogen) atoms. The third kappa shape index (κ3) is 7.29. The van der Waals surface area contributed by atoms with Crippen LogP contribution in [0.3, 0.4) is 0 Å². The van der Waals surface area contributed by atoms with Gasteiger partial charge in [0.25, 0.3) is 11.8 Å². The van der Waals surface area contributed by atoms with E-state index in [0.29, 0.717) is 41.9 Å². The number of aromatic amines is 1. The Morgan fingerprint density at radius 2 is 1.82 bits per heavy atom. The molecule has 4 aliphatic heterocycles. The van der Waals surface area contributed by atoms with Gasteiger partial charge in [-0.25, -0.2) is 9.37 Å². The topological polar surface area (TPSA) is 149 Å². The predicted molar refractivity (Wildman–Crippen MR) is 213 cm³/mol. The number of halogens is 1. The molecular formula is C43H46FN9O4. The molecule has 9 rings (SSSR count). The lowest BCUT2D eigenvalue weighted by Gasteiger charge is -2.35. The van der Waals surface area contributed by atoms with Gasteiger partial charge in [-0.3, -0.25) is 34.1 Å². The second-order valence-electron chi connectivity index (χ2n) is 15.9. The number of piperidine rings is 2. The molecule has 0 bridgehead atoms. The van der Waals surface area contributed by atoms with Gasteiger partial charge in [0.1, 0.15) is 17.7 Å². The summed E-state index contributed by atoms with van der Waals surface area (Å²) in [4.78, 5) is 64.8. The van der Waals surface area contributed by atoms with Gasteiger partial charge in [-0.2, -0.15) is 5.10 Å². The van der Waals surface area contributed by atoms with Crippen LogP contribution in [0.1, 0.15) is 89.4 Å². The molecule has 13 nitrogen and oxygen atoms in total. The maximum Gasteiger partial charge on any atom is 0.259 e.